The Balaban J connectivity index is 1.69. The van der Waals surface area contributed by atoms with Crippen LogP contribution in [0.1, 0.15) is 11.1 Å². The van der Waals surface area contributed by atoms with Crippen LogP contribution in [-0.2, 0) is 0 Å². The Labute approximate surface area is 138 Å². The highest BCUT2D eigenvalue weighted by Crippen LogP contribution is 2.51. The van der Waals surface area contributed by atoms with Crippen molar-refractivity contribution in [3.63, 3.8) is 0 Å². The van der Waals surface area contributed by atoms with Crippen molar-refractivity contribution in [1.82, 2.24) is 0 Å². The van der Waals surface area contributed by atoms with E-state index >= 15 is 0 Å². The molecule has 0 unspecified atom stereocenters. The van der Waals surface area contributed by atoms with E-state index in [1.165, 1.54) is 0 Å². The summed E-state index contributed by atoms with van der Waals surface area (Å²) >= 11 is 1.61. The fraction of sp³-hybridized carbons (Fsp3) is 0.0556. The summed E-state index contributed by atoms with van der Waals surface area (Å²) in [5.41, 5.74) is 1.66. The molecule has 2 amide bonds. The van der Waals surface area contributed by atoms with Gasteiger partial charge in [0, 0.05) is 10.6 Å². The second-order valence-electron chi connectivity index (χ2n) is 5.12. The van der Waals surface area contributed by atoms with E-state index in [0.29, 0.717) is 0 Å². The number of amides is 2. The van der Waals surface area contributed by atoms with Crippen molar-refractivity contribution in [2.45, 2.75) is 10.3 Å². The first-order valence-corrected chi connectivity index (χ1v) is 8.15. The minimum absolute atomic E-state index is 0.171. The number of nitrogens with zero attached hydrogens (tertiary/aromatic N) is 1. The molecule has 0 saturated carbocycles. The van der Waals surface area contributed by atoms with E-state index in [1.807, 2.05) is 66.7 Å². The molecular formula is C18H14N2O2S. The number of fused-ring (bicyclic) bond motifs is 1. The smallest absolute Gasteiger partial charge is 0.327 e. The number of carbonyl (C=O) groups is 1. The predicted octanol–water partition coefficient (Wildman–Crippen LogP) is 5.12. The zero-order valence-corrected chi connectivity index (χ0v) is 13.0. The van der Waals surface area contributed by atoms with Gasteiger partial charge in [-0.05, 0) is 36.4 Å². The molecule has 5 heteroatoms. The number of hydrogen-bond donors (Lipinski definition) is 1. The van der Waals surface area contributed by atoms with Gasteiger partial charge in [0.15, 0.2) is 0 Å². The maximum atomic E-state index is 12.8. The van der Waals surface area contributed by atoms with E-state index in [1.54, 1.807) is 22.9 Å². The van der Waals surface area contributed by atoms with Crippen LogP contribution < -0.4 is 10.2 Å². The lowest BCUT2D eigenvalue weighted by Gasteiger charge is -2.23. The van der Waals surface area contributed by atoms with Crippen molar-refractivity contribution in [3.8, 4) is 0 Å². The lowest BCUT2D eigenvalue weighted by molar-refractivity contribution is 0.256. The third kappa shape index (κ3) is 2.59. The van der Waals surface area contributed by atoms with E-state index in [0.717, 1.165) is 22.0 Å². The number of rotatable bonds is 2. The third-order valence-corrected chi connectivity index (χ3v) is 4.89. The van der Waals surface area contributed by atoms with Gasteiger partial charge in [-0.25, -0.2) is 4.79 Å². The van der Waals surface area contributed by atoms with Gasteiger partial charge < -0.3 is 9.73 Å². The summed E-state index contributed by atoms with van der Waals surface area (Å²) in [6.45, 7) is 0. The molecule has 2 heterocycles. The molecule has 3 aromatic rings. The van der Waals surface area contributed by atoms with Crippen LogP contribution in [0.4, 0.5) is 16.2 Å². The van der Waals surface area contributed by atoms with E-state index < -0.39 is 0 Å². The van der Waals surface area contributed by atoms with Crippen molar-refractivity contribution in [3.05, 3.63) is 78.8 Å². The molecule has 1 aliphatic rings. The Kier molecular flexibility index (Phi) is 3.55. The standard InChI is InChI=1S/C18H14N2O2S/c21-18(19-13-7-2-1-3-8-13)20-14-9-4-5-11-16(14)23-17(20)15-10-6-12-22-15/h1-12,17H,(H,19,21)/t17-/m1/s1. The van der Waals surface area contributed by atoms with Crippen molar-refractivity contribution in [1.29, 1.82) is 0 Å². The van der Waals surface area contributed by atoms with Crippen molar-refractivity contribution in [2.75, 3.05) is 10.2 Å². The van der Waals surface area contributed by atoms with Gasteiger partial charge in [0.05, 0.1) is 12.0 Å². The minimum Gasteiger partial charge on any atom is -0.466 e. The van der Waals surface area contributed by atoms with Crippen LogP contribution in [0.5, 0.6) is 0 Å². The molecule has 23 heavy (non-hydrogen) atoms. The van der Waals surface area contributed by atoms with Gasteiger partial charge >= 0.3 is 6.03 Å². The third-order valence-electron chi connectivity index (χ3n) is 3.63. The first-order chi connectivity index (χ1) is 11.3. The Morgan fingerprint density at radius 2 is 1.78 bits per heavy atom. The van der Waals surface area contributed by atoms with Crippen LogP contribution in [-0.4, -0.2) is 6.03 Å². The molecule has 1 atom stereocenters. The normalized spacial score (nSPS) is 16.2. The quantitative estimate of drug-likeness (QED) is 0.712. The van der Waals surface area contributed by atoms with Gasteiger partial charge in [-0.2, -0.15) is 0 Å². The number of nitrogens with one attached hydrogen (secondary N) is 1. The van der Waals surface area contributed by atoms with Crippen molar-refractivity contribution >= 4 is 29.2 Å². The van der Waals surface area contributed by atoms with Gasteiger partial charge in [0.1, 0.15) is 11.1 Å². The average Bonchev–Trinajstić information content (AvgIpc) is 3.23. The van der Waals surface area contributed by atoms with Crippen LogP contribution in [0.25, 0.3) is 0 Å². The Bertz CT molecular complexity index is 818. The first kappa shape index (κ1) is 14.0. The Hall–Kier alpha value is -2.66. The molecule has 4 rings (SSSR count). The molecule has 2 aromatic carbocycles. The number of para-hydroxylation sites is 2. The second kappa shape index (κ2) is 5.85. The fourth-order valence-electron chi connectivity index (χ4n) is 2.59. The Morgan fingerprint density at radius 1 is 1.00 bits per heavy atom. The SMILES string of the molecule is O=C(Nc1ccccc1)N1c2ccccc2S[C@@H]1c1ccco1. The van der Waals surface area contributed by atoms with Gasteiger partial charge in [0.25, 0.3) is 0 Å². The van der Waals surface area contributed by atoms with Crippen LogP contribution >= 0.6 is 11.8 Å². The van der Waals surface area contributed by atoms with Crippen LogP contribution in [0.3, 0.4) is 0 Å². The van der Waals surface area contributed by atoms with Crippen LogP contribution in [0.2, 0.25) is 0 Å². The van der Waals surface area contributed by atoms with Gasteiger partial charge in [0.2, 0.25) is 0 Å². The molecule has 1 N–H and O–H groups in total. The van der Waals surface area contributed by atoms with Gasteiger partial charge in [-0.1, -0.05) is 42.1 Å². The summed E-state index contributed by atoms with van der Waals surface area (Å²) in [4.78, 5) is 15.7. The maximum absolute atomic E-state index is 12.8. The minimum atomic E-state index is -0.203. The molecule has 1 aromatic heterocycles. The molecule has 0 bridgehead atoms. The number of furan rings is 1. The van der Waals surface area contributed by atoms with Gasteiger partial charge in [-0.15, -0.1) is 0 Å². The summed E-state index contributed by atoms with van der Waals surface area (Å²) in [7, 11) is 0. The predicted molar refractivity (Wildman–Crippen MR) is 91.7 cm³/mol. The number of urea groups is 1. The first-order valence-electron chi connectivity index (χ1n) is 7.27. The van der Waals surface area contributed by atoms with E-state index in [4.69, 9.17) is 4.42 Å². The lowest BCUT2D eigenvalue weighted by Crippen LogP contribution is -2.34. The summed E-state index contributed by atoms with van der Waals surface area (Å²) in [6.07, 6.45) is 1.63. The van der Waals surface area contributed by atoms with Crippen molar-refractivity contribution in [2.24, 2.45) is 0 Å². The van der Waals surface area contributed by atoms with Crippen molar-refractivity contribution < 1.29 is 9.21 Å². The second-order valence-corrected chi connectivity index (χ2v) is 6.24. The molecule has 4 nitrogen and oxygen atoms in total. The highest BCUT2D eigenvalue weighted by molar-refractivity contribution is 8.00. The average molecular weight is 322 g/mol. The number of hydrogen-bond acceptors (Lipinski definition) is 3. The highest BCUT2D eigenvalue weighted by atomic mass is 32.2. The van der Waals surface area contributed by atoms with E-state index in [2.05, 4.69) is 5.32 Å². The molecule has 0 spiro atoms. The van der Waals surface area contributed by atoms with E-state index in [9.17, 15) is 4.79 Å². The zero-order valence-electron chi connectivity index (χ0n) is 12.2. The Morgan fingerprint density at radius 3 is 2.57 bits per heavy atom. The highest BCUT2D eigenvalue weighted by Gasteiger charge is 2.37. The number of thioether (sulfide) groups is 1. The fourth-order valence-corrected chi connectivity index (χ4v) is 3.84. The topological polar surface area (TPSA) is 45.5 Å². The number of carbonyl (C=O) groups excluding carboxylic acids is 1. The summed E-state index contributed by atoms with van der Waals surface area (Å²) < 4.78 is 5.54. The van der Waals surface area contributed by atoms with E-state index in [-0.39, 0.29) is 11.4 Å². The number of benzene rings is 2. The molecule has 114 valence electrons. The zero-order chi connectivity index (χ0) is 15.6. The molecule has 0 radical (unpaired) electrons. The van der Waals surface area contributed by atoms with Crippen LogP contribution in [0, 0.1) is 0 Å². The number of anilines is 2. The largest absolute Gasteiger partial charge is 0.466 e. The molecule has 1 aliphatic heterocycles. The molecule has 0 fully saturated rings. The van der Waals surface area contributed by atoms with Crippen LogP contribution in [0.15, 0.2) is 82.3 Å². The molecule has 0 aliphatic carbocycles. The summed E-state index contributed by atoms with van der Waals surface area (Å²) in [6, 6.07) is 20.9. The summed E-state index contributed by atoms with van der Waals surface area (Å²) in [5.74, 6) is 0.759. The maximum Gasteiger partial charge on any atom is 0.327 e. The lowest BCUT2D eigenvalue weighted by atomic mass is 10.2. The summed E-state index contributed by atoms with van der Waals surface area (Å²) in [5, 5.41) is 2.75. The molecular weight excluding hydrogens is 308 g/mol. The molecule has 0 saturated heterocycles. The van der Waals surface area contributed by atoms with Gasteiger partial charge in [-0.3, -0.25) is 4.90 Å². The monoisotopic (exact) mass is 322 g/mol.